The standard InChI is InChI=1S/C16H16O3/c1-12-10-15(19-13(2)17)8-9-16(12)18-11-14-6-4-3-5-7-14/h3-10H,11H2,1-2H3. The van der Waals surface area contributed by atoms with E-state index in [1.54, 1.807) is 12.1 Å². The maximum Gasteiger partial charge on any atom is 0.308 e. The summed E-state index contributed by atoms with van der Waals surface area (Å²) in [5.74, 6) is 1.01. The van der Waals surface area contributed by atoms with Crippen molar-refractivity contribution in [3.05, 3.63) is 59.7 Å². The number of carbonyl (C=O) groups is 1. The largest absolute Gasteiger partial charge is 0.489 e. The van der Waals surface area contributed by atoms with Crippen LogP contribution < -0.4 is 9.47 Å². The van der Waals surface area contributed by atoms with Crippen LogP contribution in [-0.4, -0.2) is 5.97 Å². The molecular weight excluding hydrogens is 240 g/mol. The highest BCUT2D eigenvalue weighted by atomic mass is 16.5. The van der Waals surface area contributed by atoms with E-state index in [1.165, 1.54) is 6.92 Å². The Morgan fingerprint density at radius 2 is 1.84 bits per heavy atom. The van der Waals surface area contributed by atoms with Gasteiger partial charge in [-0.25, -0.2) is 0 Å². The molecule has 2 rings (SSSR count). The van der Waals surface area contributed by atoms with Gasteiger partial charge in [-0.15, -0.1) is 0 Å². The lowest BCUT2D eigenvalue weighted by atomic mass is 10.2. The molecule has 0 fully saturated rings. The minimum absolute atomic E-state index is 0.322. The van der Waals surface area contributed by atoms with Crippen molar-refractivity contribution in [1.82, 2.24) is 0 Å². The molecule has 0 unspecified atom stereocenters. The molecule has 0 aliphatic heterocycles. The first kappa shape index (κ1) is 13.1. The van der Waals surface area contributed by atoms with Crippen molar-refractivity contribution in [2.24, 2.45) is 0 Å². The molecule has 0 amide bonds. The minimum atomic E-state index is -0.322. The predicted octanol–water partition coefficient (Wildman–Crippen LogP) is 3.50. The van der Waals surface area contributed by atoms with E-state index < -0.39 is 0 Å². The summed E-state index contributed by atoms with van der Waals surface area (Å²) in [6.45, 7) is 3.83. The summed E-state index contributed by atoms with van der Waals surface area (Å²) >= 11 is 0. The van der Waals surface area contributed by atoms with Gasteiger partial charge in [-0.3, -0.25) is 4.79 Å². The van der Waals surface area contributed by atoms with E-state index in [9.17, 15) is 4.79 Å². The van der Waals surface area contributed by atoms with E-state index in [1.807, 2.05) is 43.3 Å². The van der Waals surface area contributed by atoms with E-state index in [-0.39, 0.29) is 5.97 Å². The first-order valence-electron chi connectivity index (χ1n) is 6.11. The Bertz CT molecular complexity index is 561. The van der Waals surface area contributed by atoms with Gasteiger partial charge in [0.2, 0.25) is 0 Å². The van der Waals surface area contributed by atoms with Crippen LogP contribution in [0.4, 0.5) is 0 Å². The summed E-state index contributed by atoms with van der Waals surface area (Å²) in [5, 5.41) is 0. The molecule has 2 aromatic rings. The summed E-state index contributed by atoms with van der Waals surface area (Å²) in [5.41, 5.74) is 2.06. The highest BCUT2D eigenvalue weighted by molar-refractivity contribution is 5.69. The molecule has 2 aromatic carbocycles. The molecule has 0 saturated carbocycles. The van der Waals surface area contributed by atoms with Crippen LogP contribution in [0.2, 0.25) is 0 Å². The highest BCUT2D eigenvalue weighted by Crippen LogP contribution is 2.24. The van der Waals surface area contributed by atoms with Gasteiger partial charge in [-0.05, 0) is 36.2 Å². The zero-order chi connectivity index (χ0) is 13.7. The molecule has 0 N–H and O–H groups in total. The second-order valence-electron chi connectivity index (χ2n) is 4.30. The predicted molar refractivity (Wildman–Crippen MR) is 73.3 cm³/mol. The van der Waals surface area contributed by atoms with Crippen molar-refractivity contribution in [1.29, 1.82) is 0 Å². The van der Waals surface area contributed by atoms with Gasteiger partial charge in [0.05, 0.1) is 0 Å². The van der Waals surface area contributed by atoms with Crippen LogP contribution in [0.1, 0.15) is 18.1 Å². The number of carbonyl (C=O) groups excluding carboxylic acids is 1. The normalized spacial score (nSPS) is 10.0. The molecule has 3 nitrogen and oxygen atoms in total. The van der Waals surface area contributed by atoms with Crippen LogP contribution in [0.5, 0.6) is 11.5 Å². The van der Waals surface area contributed by atoms with Gasteiger partial charge in [0.1, 0.15) is 18.1 Å². The molecule has 0 aliphatic carbocycles. The van der Waals surface area contributed by atoms with E-state index in [4.69, 9.17) is 9.47 Å². The quantitative estimate of drug-likeness (QED) is 0.620. The van der Waals surface area contributed by atoms with Gasteiger partial charge in [-0.1, -0.05) is 30.3 Å². The molecule has 0 aromatic heterocycles. The lowest BCUT2D eigenvalue weighted by molar-refractivity contribution is -0.131. The van der Waals surface area contributed by atoms with Crippen molar-refractivity contribution < 1.29 is 14.3 Å². The Morgan fingerprint density at radius 1 is 1.11 bits per heavy atom. The average Bonchev–Trinajstić information content (AvgIpc) is 2.38. The topological polar surface area (TPSA) is 35.5 Å². The molecule has 0 aliphatic rings. The Kier molecular flexibility index (Phi) is 4.18. The smallest absolute Gasteiger partial charge is 0.308 e. The zero-order valence-corrected chi connectivity index (χ0v) is 11.1. The number of rotatable bonds is 4. The molecule has 19 heavy (non-hydrogen) atoms. The number of aryl methyl sites for hydroxylation is 1. The van der Waals surface area contributed by atoms with Gasteiger partial charge in [0, 0.05) is 6.92 Å². The molecule has 98 valence electrons. The minimum Gasteiger partial charge on any atom is -0.489 e. The number of hydrogen-bond donors (Lipinski definition) is 0. The maximum atomic E-state index is 10.9. The van der Waals surface area contributed by atoms with E-state index in [0.29, 0.717) is 12.4 Å². The summed E-state index contributed by atoms with van der Waals surface area (Å²) in [6, 6.07) is 15.3. The third-order valence-electron chi connectivity index (χ3n) is 2.65. The number of hydrogen-bond acceptors (Lipinski definition) is 3. The molecule has 0 atom stereocenters. The Balaban J connectivity index is 2.03. The molecule has 0 heterocycles. The van der Waals surface area contributed by atoms with Crippen LogP contribution in [0.3, 0.4) is 0 Å². The molecule has 0 bridgehead atoms. The molecular formula is C16H16O3. The van der Waals surface area contributed by atoms with Crippen molar-refractivity contribution >= 4 is 5.97 Å². The van der Waals surface area contributed by atoms with Crippen LogP contribution in [-0.2, 0) is 11.4 Å². The lowest BCUT2D eigenvalue weighted by Crippen LogP contribution is -2.02. The lowest BCUT2D eigenvalue weighted by Gasteiger charge is -2.10. The monoisotopic (exact) mass is 256 g/mol. The van der Waals surface area contributed by atoms with Gasteiger partial charge in [-0.2, -0.15) is 0 Å². The molecule has 0 radical (unpaired) electrons. The summed E-state index contributed by atoms with van der Waals surface area (Å²) in [4.78, 5) is 10.9. The van der Waals surface area contributed by atoms with Crippen LogP contribution in [0.15, 0.2) is 48.5 Å². The number of esters is 1. The SMILES string of the molecule is CC(=O)Oc1ccc(OCc2ccccc2)c(C)c1. The fraction of sp³-hybridized carbons (Fsp3) is 0.188. The van der Waals surface area contributed by atoms with E-state index in [2.05, 4.69) is 0 Å². The van der Waals surface area contributed by atoms with Crippen molar-refractivity contribution in [2.45, 2.75) is 20.5 Å². The summed E-state index contributed by atoms with van der Waals surface area (Å²) in [7, 11) is 0. The first-order chi connectivity index (χ1) is 9.15. The van der Waals surface area contributed by atoms with E-state index in [0.717, 1.165) is 16.9 Å². The zero-order valence-electron chi connectivity index (χ0n) is 11.1. The third-order valence-corrected chi connectivity index (χ3v) is 2.65. The average molecular weight is 256 g/mol. The second kappa shape index (κ2) is 6.05. The molecule has 0 spiro atoms. The molecule has 3 heteroatoms. The van der Waals surface area contributed by atoms with Gasteiger partial charge >= 0.3 is 5.97 Å². The fourth-order valence-electron chi connectivity index (χ4n) is 1.75. The summed E-state index contributed by atoms with van der Waals surface area (Å²) < 4.78 is 10.8. The highest BCUT2D eigenvalue weighted by Gasteiger charge is 2.04. The second-order valence-corrected chi connectivity index (χ2v) is 4.30. The van der Waals surface area contributed by atoms with Crippen LogP contribution >= 0.6 is 0 Å². The Morgan fingerprint density at radius 3 is 2.47 bits per heavy atom. The van der Waals surface area contributed by atoms with Crippen molar-refractivity contribution in [3.63, 3.8) is 0 Å². The summed E-state index contributed by atoms with van der Waals surface area (Å²) in [6.07, 6.45) is 0. The van der Waals surface area contributed by atoms with Crippen molar-refractivity contribution in [2.75, 3.05) is 0 Å². The maximum absolute atomic E-state index is 10.9. The van der Waals surface area contributed by atoms with Crippen LogP contribution in [0.25, 0.3) is 0 Å². The Labute approximate surface area is 112 Å². The van der Waals surface area contributed by atoms with Gasteiger partial charge in [0.15, 0.2) is 0 Å². The fourth-order valence-corrected chi connectivity index (χ4v) is 1.75. The first-order valence-corrected chi connectivity index (χ1v) is 6.11. The third kappa shape index (κ3) is 3.85. The number of ether oxygens (including phenoxy) is 2. The van der Waals surface area contributed by atoms with Crippen molar-refractivity contribution in [3.8, 4) is 11.5 Å². The van der Waals surface area contributed by atoms with Gasteiger partial charge in [0.25, 0.3) is 0 Å². The number of benzene rings is 2. The van der Waals surface area contributed by atoms with Gasteiger partial charge < -0.3 is 9.47 Å². The van der Waals surface area contributed by atoms with Crippen LogP contribution in [0, 0.1) is 6.92 Å². The molecule has 0 saturated heterocycles. The Hall–Kier alpha value is -2.29. The van der Waals surface area contributed by atoms with E-state index >= 15 is 0 Å².